The van der Waals surface area contributed by atoms with Crippen molar-refractivity contribution < 1.29 is 14.6 Å². The number of carbonyl (C=O) groups is 1. The van der Waals surface area contributed by atoms with Gasteiger partial charge in [0.15, 0.2) is 6.10 Å². The van der Waals surface area contributed by atoms with Crippen molar-refractivity contribution in [2.24, 2.45) is 0 Å². The van der Waals surface area contributed by atoms with Crippen molar-refractivity contribution in [3.63, 3.8) is 0 Å². The SMILES string of the molecule is C=C(CCC)Cc1cc2c(cc1C)OC(C(=O)O)C2. The summed E-state index contributed by atoms with van der Waals surface area (Å²) in [5.41, 5.74) is 4.59. The summed E-state index contributed by atoms with van der Waals surface area (Å²) in [5, 5.41) is 9.00. The number of aryl methyl sites for hydroxylation is 1. The lowest BCUT2D eigenvalue weighted by molar-refractivity contribution is -0.144. The Labute approximate surface area is 113 Å². The summed E-state index contributed by atoms with van der Waals surface area (Å²) >= 11 is 0. The summed E-state index contributed by atoms with van der Waals surface area (Å²) in [6, 6.07) is 4.03. The topological polar surface area (TPSA) is 46.5 Å². The lowest BCUT2D eigenvalue weighted by Gasteiger charge is -2.10. The van der Waals surface area contributed by atoms with E-state index in [1.54, 1.807) is 0 Å². The molecule has 1 aromatic carbocycles. The third-order valence-corrected chi connectivity index (χ3v) is 3.51. The molecule has 0 spiro atoms. The molecule has 1 atom stereocenters. The zero-order valence-electron chi connectivity index (χ0n) is 11.5. The second kappa shape index (κ2) is 5.47. The summed E-state index contributed by atoms with van der Waals surface area (Å²) < 4.78 is 5.43. The lowest BCUT2D eigenvalue weighted by atomic mass is 9.96. The first-order valence-electron chi connectivity index (χ1n) is 6.69. The Hall–Kier alpha value is -1.77. The molecule has 1 heterocycles. The van der Waals surface area contributed by atoms with E-state index in [0.29, 0.717) is 6.42 Å². The van der Waals surface area contributed by atoms with Gasteiger partial charge in [-0.15, -0.1) is 0 Å². The molecule has 0 saturated heterocycles. The van der Waals surface area contributed by atoms with Crippen LogP contribution in [0.4, 0.5) is 0 Å². The Balaban J connectivity index is 2.19. The van der Waals surface area contributed by atoms with Crippen LogP contribution in [0.15, 0.2) is 24.3 Å². The van der Waals surface area contributed by atoms with Gasteiger partial charge in [-0.3, -0.25) is 0 Å². The summed E-state index contributed by atoms with van der Waals surface area (Å²) in [6.45, 7) is 8.27. The molecule has 0 bridgehead atoms. The first-order valence-corrected chi connectivity index (χ1v) is 6.69. The molecule has 3 nitrogen and oxygen atoms in total. The molecule has 1 unspecified atom stereocenters. The Bertz CT molecular complexity index is 517. The first-order chi connectivity index (χ1) is 9.01. The number of aliphatic carboxylic acids is 1. The summed E-state index contributed by atoms with van der Waals surface area (Å²) in [4.78, 5) is 11.0. The minimum absolute atomic E-state index is 0.457. The quantitative estimate of drug-likeness (QED) is 0.826. The van der Waals surface area contributed by atoms with Gasteiger partial charge in [-0.2, -0.15) is 0 Å². The van der Waals surface area contributed by atoms with Crippen LogP contribution < -0.4 is 4.74 Å². The number of carboxylic acid groups (broad SMARTS) is 1. The predicted octanol–water partition coefficient (Wildman–Crippen LogP) is 3.28. The van der Waals surface area contributed by atoms with Crippen LogP contribution in [0, 0.1) is 6.92 Å². The van der Waals surface area contributed by atoms with Crippen LogP contribution in [-0.2, 0) is 17.6 Å². The molecule has 1 aliphatic heterocycles. The molecule has 0 saturated carbocycles. The van der Waals surface area contributed by atoms with Crippen molar-refractivity contribution in [2.45, 2.75) is 45.6 Å². The van der Waals surface area contributed by atoms with Crippen molar-refractivity contribution >= 4 is 5.97 Å². The van der Waals surface area contributed by atoms with Crippen molar-refractivity contribution in [1.29, 1.82) is 0 Å². The van der Waals surface area contributed by atoms with Gasteiger partial charge in [0.1, 0.15) is 5.75 Å². The molecule has 1 aliphatic rings. The van der Waals surface area contributed by atoms with Crippen LogP contribution in [0.2, 0.25) is 0 Å². The van der Waals surface area contributed by atoms with E-state index in [1.165, 1.54) is 11.1 Å². The van der Waals surface area contributed by atoms with Crippen LogP contribution in [0.5, 0.6) is 5.75 Å². The van der Waals surface area contributed by atoms with Crippen molar-refractivity contribution in [1.82, 2.24) is 0 Å². The number of fused-ring (bicyclic) bond motifs is 1. The average molecular weight is 260 g/mol. The van der Waals surface area contributed by atoms with Crippen LogP contribution in [0.1, 0.15) is 36.5 Å². The van der Waals surface area contributed by atoms with Crippen molar-refractivity contribution in [3.05, 3.63) is 41.0 Å². The second-order valence-electron chi connectivity index (χ2n) is 5.21. The largest absolute Gasteiger partial charge is 0.478 e. The van der Waals surface area contributed by atoms with E-state index in [1.807, 2.05) is 13.0 Å². The zero-order valence-corrected chi connectivity index (χ0v) is 11.5. The maximum Gasteiger partial charge on any atom is 0.345 e. The van der Waals surface area contributed by atoms with Gasteiger partial charge < -0.3 is 9.84 Å². The lowest BCUT2D eigenvalue weighted by Crippen LogP contribution is -2.24. The highest BCUT2D eigenvalue weighted by Gasteiger charge is 2.29. The van der Waals surface area contributed by atoms with E-state index in [2.05, 4.69) is 19.6 Å². The molecular weight excluding hydrogens is 240 g/mol. The number of allylic oxidation sites excluding steroid dienone is 1. The van der Waals surface area contributed by atoms with Gasteiger partial charge in [-0.1, -0.05) is 31.6 Å². The summed E-state index contributed by atoms with van der Waals surface area (Å²) in [6.07, 6.45) is 2.73. The maximum atomic E-state index is 11.0. The standard InChI is InChI=1S/C16H20O3/c1-4-5-10(2)6-12-8-13-9-15(16(17)18)19-14(13)7-11(12)3/h7-8,15H,2,4-6,9H2,1,3H3,(H,17,18). The van der Waals surface area contributed by atoms with Gasteiger partial charge >= 0.3 is 5.97 Å². The smallest absolute Gasteiger partial charge is 0.345 e. The summed E-state index contributed by atoms with van der Waals surface area (Å²) in [7, 11) is 0. The third-order valence-electron chi connectivity index (χ3n) is 3.51. The van der Waals surface area contributed by atoms with E-state index in [0.717, 1.165) is 36.1 Å². The van der Waals surface area contributed by atoms with E-state index >= 15 is 0 Å². The fourth-order valence-electron chi connectivity index (χ4n) is 2.48. The molecule has 3 heteroatoms. The second-order valence-corrected chi connectivity index (χ2v) is 5.21. The minimum Gasteiger partial charge on any atom is -0.478 e. The Morgan fingerprint density at radius 3 is 2.89 bits per heavy atom. The molecule has 0 aliphatic carbocycles. The molecule has 2 rings (SSSR count). The van der Waals surface area contributed by atoms with E-state index in [9.17, 15) is 4.79 Å². The van der Waals surface area contributed by atoms with Crippen molar-refractivity contribution in [2.75, 3.05) is 0 Å². The Kier molecular flexibility index (Phi) is 3.93. The van der Waals surface area contributed by atoms with E-state index in [-0.39, 0.29) is 0 Å². The first kappa shape index (κ1) is 13.7. The number of benzene rings is 1. The Morgan fingerprint density at radius 1 is 1.53 bits per heavy atom. The van der Waals surface area contributed by atoms with Gasteiger partial charge in [0.2, 0.25) is 0 Å². The molecule has 1 aromatic rings. The number of hydrogen-bond acceptors (Lipinski definition) is 2. The van der Waals surface area contributed by atoms with E-state index < -0.39 is 12.1 Å². The molecule has 1 N–H and O–H groups in total. The number of hydrogen-bond donors (Lipinski definition) is 1. The van der Waals surface area contributed by atoms with E-state index in [4.69, 9.17) is 9.84 Å². The number of rotatable bonds is 5. The van der Waals surface area contributed by atoms with Crippen LogP contribution in [0.25, 0.3) is 0 Å². The highest BCUT2D eigenvalue weighted by Crippen LogP contribution is 2.32. The molecular formula is C16H20O3. The van der Waals surface area contributed by atoms with Crippen LogP contribution in [-0.4, -0.2) is 17.2 Å². The van der Waals surface area contributed by atoms with Crippen molar-refractivity contribution in [3.8, 4) is 5.75 Å². The normalized spacial score (nSPS) is 16.8. The predicted molar refractivity (Wildman–Crippen MR) is 74.7 cm³/mol. The van der Waals surface area contributed by atoms with Gasteiger partial charge in [0, 0.05) is 6.42 Å². The molecule has 102 valence electrons. The summed E-state index contributed by atoms with van der Waals surface area (Å²) in [5.74, 6) is -0.180. The van der Waals surface area contributed by atoms with Crippen LogP contribution in [0.3, 0.4) is 0 Å². The monoisotopic (exact) mass is 260 g/mol. The number of ether oxygens (including phenoxy) is 1. The van der Waals surface area contributed by atoms with Gasteiger partial charge in [0.05, 0.1) is 0 Å². The fourth-order valence-corrected chi connectivity index (χ4v) is 2.48. The van der Waals surface area contributed by atoms with Crippen LogP contribution >= 0.6 is 0 Å². The molecule has 0 amide bonds. The van der Waals surface area contributed by atoms with Gasteiger partial charge in [-0.05, 0) is 42.5 Å². The Morgan fingerprint density at radius 2 is 2.26 bits per heavy atom. The minimum atomic E-state index is -0.897. The third kappa shape index (κ3) is 2.98. The molecule has 0 aromatic heterocycles. The van der Waals surface area contributed by atoms with Gasteiger partial charge in [-0.25, -0.2) is 4.79 Å². The maximum absolute atomic E-state index is 11.0. The van der Waals surface area contributed by atoms with Gasteiger partial charge in [0.25, 0.3) is 0 Å². The fraction of sp³-hybridized carbons (Fsp3) is 0.438. The zero-order chi connectivity index (χ0) is 14.0. The highest BCUT2D eigenvalue weighted by atomic mass is 16.5. The molecule has 0 fully saturated rings. The highest BCUT2D eigenvalue weighted by molar-refractivity contribution is 5.74. The molecule has 0 radical (unpaired) electrons. The average Bonchev–Trinajstić information content (AvgIpc) is 2.72. The number of carboxylic acids is 1. The molecule has 19 heavy (non-hydrogen) atoms.